The molecule has 2 aromatic heterocycles. The zero-order valence-corrected chi connectivity index (χ0v) is 18.9. The lowest BCUT2D eigenvalue weighted by molar-refractivity contribution is -0.113. The molecule has 4 rings (SSSR count). The third-order valence-electron chi connectivity index (χ3n) is 5.69. The second-order valence-electron chi connectivity index (χ2n) is 7.85. The van der Waals surface area contributed by atoms with E-state index in [1.54, 1.807) is 0 Å². The topological polar surface area (TPSA) is 59.8 Å². The van der Waals surface area contributed by atoms with Crippen LogP contribution >= 0.6 is 23.1 Å². The van der Waals surface area contributed by atoms with Gasteiger partial charge in [0.25, 0.3) is 0 Å². The maximum atomic E-state index is 12.4. The van der Waals surface area contributed by atoms with Crippen molar-refractivity contribution in [2.24, 2.45) is 13.0 Å². The molecule has 0 aliphatic heterocycles. The number of benzene rings is 1. The number of amides is 1. The number of carbonyl (C=O) groups excluding carboxylic acids is 1. The molecule has 0 saturated heterocycles. The number of nitrogens with zero attached hydrogens (tertiary/aromatic N) is 3. The molecule has 5 nitrogen and oxygen atoms in total. The van der Waals surface area contributed by atoms with Crippen LogP contribution in [-0.4, -0.2) is 26.4 Å². The van der Waals surface area contributed by atoms with Crippen molar-refractivity contribution < 1.29 is 4.79 Å². The third-order valence-corrected chi connectivity index (χ3v) is 7.76. The summed E-state index contributed by atoms with van der Waals surface area (Å²) in [6.07, 6.45) is 3.51. The largest absolute Gasteiger partial charge is 0.325 e. The van der Waals surface area contributed by atoms with Crippen molar-refractivity contribution in [3.63, 3.8) is 0 Å². The predicted molar refractivity (Wildman–Crippen MR) is 121 cm³/mol. The van der Waals surface area contributed by atoms with Gasteiger partial charge in [0.1, 0.15) is 0 Å². The van der Waals surface area contributed by atoms with Crippen LogP contribution in [0.3, 0.4) is 0 Å². The molecule has 152 valence electrons. The zero-order chi connectivity index (χ0) is 20.5. The minimum atomic E-state index is -0.0323. The molecule has 1 unspecified atom stereocenters. The van der Waals surface area contributed by atoms with Crippen LogP contribution in [0.15, 0.2) is 28.7 Å². The fourth-order valence-corrected chi connectivity index (χ4v) is 5.70. The molecule has 0 bridgehead atoms. The van der Waals surface area contributed by atoms with Crippen molar-refractivity contribution in [2.75, 3.05) is 11.1 Å². The minimum Gasteiger partial charge on any atom is -0.325 e. The maximum Gasteiger partial charge on any atom is 0.234 e. The van der Waals surface area contributed by atoms with E-state index in [-0.39, 0.29) is 5.91 Å². The summed E-state index contributed by atoms with van der Waals surface area (Å²) in [5, 5.41) is 14.8. The van der Waals surface area contributed by atoms with Gasteiger partial charge in [-0.25, -0.2) is 0 Å². The molecule has 1 aliphatic rings. The van der Waals surface area contributed by atoms with Gasteiger partial charge in [-0.1, -0.05) is 30.8 Å². The molecule has 1 amide bonds. The number of aryl methyl sites for hydroxylation is 1. The van der Waals surface area contributed by atoms with Gasteiger partial charge in [0.2, 0.25) is 5.91 Å². The fraction of sp³-hybridized carbons (Fsp3) is 0.409. The molecule has 29 heavy (non-hydrogen) atoms. The highest BCUT2D eigenvalue weighted by Gasteiger charge is 2.23. The number of hydrogen-bond donors (Lipinski definition) is 1. The van der Waals surface area contributed by atoms with Gasteiger partial charge in [-0.05, 0) is 61.8 Å². The van der Waals surface area contributed by atoms with E-state index in [4.69, 9.17) is 0 Å². The van der Waals surface area contributed by atoms with Crippen LogP contribution < -0.4 is 5.32 Å². The number of thiophene rings is 1. The lowest BCUT2D eigenvalue weighted by Gasteiger charge is -2.18. The Hall–Kier alpha value is -2.12. The van der Waals surface area contributed by atoms with Crippen LogP contribution in [0.4, 0.5) is 5.69 Å². The zero-order valence-electron chi connectivity index (χ0n) is 17.3. The molecular weight excluding hydrogens is 400 g/mol. The van der Waals surface area contributed by atoms with E-state index in [0.29, 0.717) is 5.75 Å². The van der Waals surface area contributed by atoms with Crippen LogP contribution in [0.2, 0.25) is 0 Å². The van der Waals surface area contributed by atoms with Gasteiger partial charge in [0, 0.05) is 28.6 Å². The normalized spacial score (nSPS) is 15.9. The molecule has 3 aromatic rings. The van der Waals surface area contributed by atoms with Crippen LogP contribution in [0.25, 0.3) is 11.4 Å². The first-order valence-corrected chi connectivity index (χ1v) is 11.8. The van der Waals surface area contributed by atoms with Crippen molar-refractivity contribution >= 4 is 34.7 Å². The summed E-state index contributed by atoms with van der Waals surface area (Å²) in [7, 11) is 1.98. The highest BCUT2D eigenvalue weighted by molar-refractivity contribution is 7.99. The number of thioether (sulfide) groups is 1. The molecule has 0 fully saturated rings. The predicted octanol–water partition coefficient (Wildman–Crippen LogP) is 5.02. The average Bonchev–Trinajstić information content (AvgIpc) is 3.26. The Kier molecular flexibility index (Phi) is 5.79. The Bertz CT molecular complexity index is 1050. The summed E-state index contributed by atoms with van der Waals surface area (Å²) >= 11 is 3.26. The highest BCUT2D eigenvalue weighted by atomic mass is 32.2. The number of rotatable bonds is 5. The number of nitrogens with one attached hydrogen (secondary N) is 1. The van der Waals surface area contributed by atoms with Gasteiger partial charge in [-0.3, -0.25) is 4.79 Å². The summed E-state index contributed by atoms with van der Waals surface area (Å²) in [4.78, 5) is 13.9. The first kappa shape index (κ1) is 20.2. The molecule has 1 N–H and O–H groups in total. The van der Waals surface area contributed by atoms with E-state index in [9.17, 15) is 4.79 Å². The number of anilines is 1. The van der Waals surface area contributed by atoms with Crippen molar-refractivity contribution in [1.29, 1.82) is 0 Å². The summed E-state index contributed by atoms with van der Waals surface area (Å²) in [5.74, 6) is 1.93. The summed E-state index contributed by atoms with van der Waals surface area (Å²) in [6, 6.07) is 5.94. The third kappa shape index (κ3) is 4.12. The van der Waals surface area contributed by atoms with E-state index >= 15 is 0 Å². The second-order valence-corrected chi connectivity index (χ2v) is 9.76. The monoisotopic (exact) mass is 426 g/mol. The molecule has 1 aromatic carbocycles. The Morgan fingerprint density at radius 3 is 3.00 bits per heavy atom. The quantitative estimate of drug-likeness (QED) is 0.582. The van der Waals surface area contributed by atoms with E-state index in [0.717, 1.165) is 41.0 Å². The van der Waals surface area contributed by atoms with Crippen LogP contribution in [-0.2, 0) is 24.7 Å². The summed E-state index contributed by atoms with van der Waals surface area (Å²) < 4.78 is 2.01. The minimum absolute atomic E-state index is 0.0323. The summed E-state index contributed by atoms with van der Waals surface area (Å²) in [6.45, 7) is 6.39. The van der Waals surface area contributed by atoms with E-state index in [1.165, 1.54) is 39.8 Å². The summed E-state index contributed by atoms with van der Waals surface area (Å²) in [5.41, 5.74) is 5.78. The van der Waals surface area contributed by atoms with E-state index in [2.05, 4.69) is 27.8 Å². The maximum absolute atomic E-state index is 12.4. The molecule has 0 saturated carbocycles. The molecular formula is C22H26N4OS2. The van der Waals surface area contributed by atoms with Gasteiger partial charge in [-0.15, -0.1) is 21.5 Å². The lowest BCUT2D eigenvalue weighted by atomic mass is 9.88. The standard InChI is InChI=1S/C22H26N4OS2/c1-13-8-9-16-17(11-28-19(16)10-13)21-24-25-22(26(21)4)29-12-20(27)23-18-7-5-6-14(2)15(18)3/h5-7,11,13H,8-10,12H2,1-4H3,(H,23,27). The van der Waals surface area contributed by atoms with Gasteiger partial charge < -0.3 is 9.88 Å². The molecule has 1 aliphatic carbocycles. The smallest absolute Gasteiger partial charge is 0.234 e. The highest BCUT2D eigenvalue weighted by Crippen LogP contribution is 2.38. The number of hydrogen-bond acceptors (Lipinski definition) is 5. The average molecular weight is 427 g/mol. The molecule has 7 heteroatoms. The number of carbonyl (C=O) groups is 1. The Balaban J connectivity index is 1.44. The Morgan fingerprint density at radius 2 is 2.17 bits per heavy atom. The van der Waals surface area contributed by atoms with Gasteiger partial charge in [0.05, 0.1) is 5.75 Å². The Labute approximate surface area is 179 Å². The second kappa shape index (κ2) is 8.32. The first-order chi connectivity index (χ1) is 13.9. The lowest BCUT2D eigenvalue weighted by Crippen LogP contribution is -2.15. The van der Waals surface area contributed by atoms with Crippen molar-refractivity contribution in [3.05, 3.63) is 45.1 Å². The van der Waals surface area contributed by atoms with Crippen LogP contribution in [0.1, 0.15) is 34.9 Å². The Morgan fingerprint density at radius 1 is 1.34 bits per heavy atom. The number of fused-ring (bicyclic) bond motifs is 1. The SMILES string of the molecule is Cc1cccc(NC(=O)CSc2nnc(-c3csc4c3CCC(C)C4)n2C)c1C. The van der Waals surface area contributed by atoms with Gasteiger partial charge in [0.15, 0.2) is 11.0 Å². The van der Waals surface area contributed by atoms with Crippen molar-refractivity contribution in [2.45, 2.75) is 45.2 Å². The van der Waals surface area contributed by atoms with Gasteiger partial charge in [-0.2, -0.15) is 0 Å². The van der Waals surface area contributed by atoms with Crippen molar-refractivity contribution in [1.82, 2.24) is 14.8 Å². The molecule has 0 spiro atoms. The van der Waals surface area contributed by atoms with Crippen molar-refractivity contribution in [3.8, 4) is 11.4 Å². The van der Waals surface area contributed by atoms with E-state index < -0.39 is 0 Å². The molecule has 0 radical (unpaired) electrons. The number of aromatic nitrogens is 3. The fourth-order valence-electron chi connectivity index (χ4n) is 3.74. The van der Waals surface area contributed by atoms with Gasteiger partial charge >= 0.3 is 0 Å². The molecule has 2 heterocycles. The first-order valence-electron chi connectivity index (χ1n) is 9.92. The van der Waals surface area contributed by atoms with Crippen LogP contribution in [0, 0.1) is 19.8 Å². The van der Waals surface area contributed by atoms with Crippen LogP contribution in [0.5, 0.6) is 0 Å². The van der Waals surface area contributed by atoms with E-state index in [1.807, 2.05) is 55.0 Å². The molecule has 1 atom stereocenters.